The van der Waals surface area contributed by atoms with Crippen LogP contribution in [0, 0.1) is 3.57 Å². The zero-order chi connectivity index (χ0) is 10.0. The fourth-order valence-electron chi connectivity index (χ4n) is 0.836. The minimum Gasteiger partial charge on any atom is -0.495 e. The predicted molar refractivity (Wildman–Crippen MR) is 57.7 cm³/mol. The van der Waals surface area contributed by atoms with Gasteiger partial charge in [-0.05, 0) is 34.7 Å². The van der Waals surface area contributed by atoms with Gasteiger partial charge in [-0.3, -0.25) is 0 Å². The maximum Gasteiger partial charge on any atom is 0.335 e. The van der Waals surface area contributed by atoms with Crippen LogP contribution in [0.4, 0.5) is 0 Å². The highest BCUT2D eigenvalue weighted by Gasteiger charge is 2.11. The molecule has 0 heterocycles. The molecule has 0 spiro atoms. The molecule has 0 radical (unpaired) electrons. The van der Waals surface area contributed by atoms with Gasteiger partial charge in [0.1, 0.15) is 5.75 Å². The third-order valence-electron chi connectivity index (χ3n) is 1.46. The van der Waals surface area contributed by atoms with Gasteiger partial charge in [0, 0.05) is 3.57 Å². The van der Waals surface area contributed by atoms with Crippen LogP contribution in [-0.2, 0) is 0 Å². The third kappa shape index (κ3) is 2.25. The molecule has 0 aromatic heterocycles. The number of benzene rings is 1. The van der Waals surface area contributed by atoms with Gasteiger partial charge in [-0.25, -0.2) is 4.79 Å². The lowest BCUT2D eigenvalue weighted by Crippen LogP contribution is -1.98. The quantitative estimate of drug-likeness (QED) is 0.854. The molecular weight excluding hydrogens is 306 g/mol. The molecule has 0 fully saturated rings. The molecule has 70 valence electrons. The zero-order valence-electron chi connectivity index (χ0n) is 6.67. The third-order valence-corrected chi connectivity index (χ3v) is 3.02. The van der Waals surface area contributed by atoms with Gasteiger partial charge in [-0.2, -0.15) is 0 Å². The zero-order valence-corrected chi connectivity index (χ0v) is 9.59. The summed E-state index contributed by atoms with van der Waals surface area (Å²) in [6, 6.07) is 2.89. The highest BCUT2D eigenvalue weighted by Crippen LogP contribution is 2.30. The van der Waals surface area contributed by atoms with E-state index in [-0.39, 0.29) is 5.56 Å². The molecule has 0 amide bonds. The summed E-state index contributed by atoms with van der Waals surface area (Å²) in [7, 11) is 1.45. The van der Waals surface area contributed by atoms with Gasteiger partial charge in [0.25, 0.3) is 0 Å². The Bertz CT molecular complexity index is 351. The molecule has 0 saturated carbocycles. The molecular formula is C8H6ClIO3. The largest absolute Gasteiger partial charge is 0.495 e. The van der Waals surface area contributed by atoms with E-state index < -0.39 is 5.97 Å². The van der Waals surface area contributed by atoms with Crippen LogP contribution < -0.4 is 4.74 Å². The molecule has 0 unspecified atom stereocenters. The van der Waals surface area contributed by atoms with Crippen molar-refractivity contribution in [2.75, 3.05) is 7.11 Å². The summed E-state index contributed by atoms with van der Waals surface area (Å²) in [6.07, 6.45) is 0. The fourth-order valence-corrected chi connectivity index (χ4v) is 1.62. The monoisotopic (exact) mass is 312 g/mol. The Labute approximate surface area is 93.8 Å². The molecule has 1 rings (SSSR count). The molecule has 1 N–H and O–H groups in total. The van der Waals surface area contributed by atoms with E-state index in [4.69, 9.17) is 21.4 Å². The maximum atomic E-state index is 10.6. The van der Waals surface area contributed by atoms with Crippen LogP contribution in [-0.4, -0.2) is 18.2 Å². The molecule has 0 aliphatic rings. The smallest absolute Gasteiger partial charge is 0.335 e. The highest BCUT2D eigenvalue weighted by atomic mass is 127. The van der Waals surface area contributed by atoms with Crippen molar-refractivity contribution in [1.29, 1.82) is 0 Å². The van der Waals surface area contributed by atoms with Crippen LogP contribution in [0.25, 0.3) is 0 Å². The van der Waals surface area contributed by atoms with Gasteiger partial charge in [0.05, 0.1) is 17.7 Å². The van der Waals surface area contributed by atoms with Crippen LogP contribution in [0.15, 0.2) is 12.1 Å². The molecule has 0 atom stereocenters. The van der Waals surface area contributed by atoms with Gasteiger partial charge < -0.3 is 9.84 Å². The first-order valence-corrected chi connectivity index (χ1v) is 4.78. The number of hydrogen-bond acceptors (Lipinski definition) is 2. The van der Waals surface area contributed by atoms with Crippen molar-refractivity contribution in [2.24, 2.45) is 0 Å². The van der Waals surface area contributed by atoms with Gasteiger partial charge in [0.15, 0.2) is 0 Å². The van der Waals surface area contributed by atoms with Gasteiger partial charge in [-0.1, -0.05) is 11.6 Å². The number of carboxylic acid groups (broad SMARTS) is 1. The number of carboxylic acids is 1. The lowest BCUT2D eigenvalue weighted by molar-refractivity contribution is 0.0696. The summed E-state index contributed by atoms with van der Waals surface area (Å²) in [5.41, 5.74) is 0.172. The molecule has 3 nitrogen and oxygen atoms in total. The minimum absolute atomic E-state index is 0.172. The average Bonchev–Trinajstić information content (AvgIpc) is 2.09. The normalized spacial score (nSPS) is 9.77. The predicted octanol–water partition coefficient (Wildman–Crippen LogP) is 2.65. The number of aromatic carboxylic acids is 1. The van der Waals surface area contributed by atoms with Crippen molar-refractivity contribution in [3.05, 3.63) is 26.3 Å². The number of carbonyl (C=O) groups is 1. The molecule has 1 aromatic rings. The van der Waals surface area contributed by atoms with E-state index in [1.807, 2.05) is 22.6 Å². The Morgan fingerprint density at radius 1 is 1.62 bits per heavy atom. The molecule has 0 saturated heterocycles. The van der Waals surface area contributed by atoms with Crippen LogP contribution in [0.1, 0.15) is 10.4 Å². The standard InChI is InChI=1S/C8H6ClIO3/c1-13-6-3-4(8(11)12)2-5(10)7(6)9/h2-3H,1H3,(H,11,12). The van der Waals surface area contributed by atoms with Crippen molar-refractivity contribution in [1.82, 2.24) is 0 Å². The molecule has 0 aliphatic carbocycles. The Morgan fingerprint density at radius 2 is 2.23 bits per heavy atom. The van der Waals surface area contributed by atoms with Crippen molar-refractivity contribution < 1.29 is 14.6 Å². The van der Waals surface area contributed by atoms with E-state index in [9.17, 15) is 4.79 Å². The topological polar surface area (TPSA) is 46.5 Å². The molecule has 5 heteroatoms. The van der Waals surface area contributed by atoms with Gasteiger partial charge in [0.2, 0.25) is 0 Å². The highest BCUT2D eigenvalue weighted by molar-refractivity contribution is 14.1. The van der Waals surface area contributed by atoms with E-state index in [1.54, 1.807) is 0 Å². The van der Waals surface area contributed by atoms with Crippen molar-refractivity contribution in [3.8, 4) is 5.75 Å². The summed E-state index contributed by atoms with van der Waals surface area (Å²) in [5.74, 6) is -0.612. The number of hydrogen-bond donors (Lipinski definition) is 1. The molecule has 0 aliphatic heterocycles. The van der Waals surface area contributed by atoms with Gasteiger partial charge >= 0.3 is 5.97 Å². The summed E-state index contributed by atoms with van der Waals surface area (Å²) < 4.78 is 5.58. The van der Waals surface area contributed by atoms with Crippen molar-refractivity contribution >= 4 is 40.2 Å². The SMILES string of the molecule is COc1cc(C(=O)O)cc(I)c1Cl. The van der Waals surface area contributed by atoms with Crippen LogP contribution in [0.2, 0.25) is 5.02 Å². The van der Waals surface area contributed by atoms with Crippen molar-refractivity contribution in [2.45, 2.75) is 0 Å². The fraction of sp³-hybridized carbons (Fsp3) is 0.125. The molecule has 13 heavy (non-hydrogen) atoms. The summed E-state index contributed by atoms with van der Waals surface area (Å²) in [6.45, 7) is 0. The lowest BCUT2D eigenvalue weighted by atomic mass is 10.2. The first-order valence-electron chi connectivity index (χ1n) is 3.32. The first-order chi connectivity index (χ1) is 6.06. The summed E-state index contributed by atoms with van der Waals surface area (Å²) in [4.78, 5) is 10.6. The Morgan fingerprint density at radius 3 is 2.69 bits per heavy atom. The van der Waals surface area contributed by atoms with Crippen molar-refractivity contribution in [3.63, 3.8) is 0 Å². The second-order valence-electron chi connectivity index (χ2n) is 2.28. The number of rotatable bonds is 2. The Kier molecular flexibility index (Phi) is 3.38. The first kappa shape index (κ1) is 10.6. The van der Waals surface area contributed by atoms with E-state index in [1.165, 1.54) is 19.2 Å². The summed E-state index contributed by atoms with van der Waals surface area (Å²) >= 11 is 7.80. The van der Waals surface area contributed by atoms with E-state index in [0.29, 0.717) is 14.3 Å². The van der Waals surface area contributed by atoms with Gasteiger partial charge in [-0.15, -0.1) is 0 Å². The second-order valence-corrected chi connectivity index (χ2v) is 3.82. The maximum absolute atomic E-state index is 10.6. The van der Waals surface area contributed by atoms with Crippen LogP contribution >= 0.6 is 34.2 Å². The summed E-state index contributed by atoms with van der Waals surface area (Å²) in [5, 5.41) is 9.16. The lowest BCUT2D eigenvalue weighted by Gasteiger charge is -2.05. The number of halogens is 2. The minimum atomic E-state index is -0.993. The number of ether oxygens (including phenoxy) is 1. The number of methoxy groups -OCH3 is 1. The Hall–Kier alpha value is -0.490. The average molecular weight is 312 g/mol. The van der Waals surface area contributed by atoms with E-state index in [0.717, 1.165) is 0 Å². The Balaban J connectivity index is 3.30. The second kappa shape index (κ2) is 4.15. The molecule has 0 bridgehead atoms. The molecule has 1 aromatic carbocycles. The van der Waals surface area contributed by atoms with E-state index in [2.05, 4.69) is 0 Å². The van der Waals surface area contributed by atoms with Crippen LogP contribution in [0.5, 0.6) is 5.75 Å². The van der Waals surface area contributed by atoms with E-state index >= 15 is 0 Å². The van der Waals surface area contributed by atoms with Crippen LogP contribution in [0.3, 0.4) is 0 Å².